The van der Waals surface area contributed by atoms with Crippen LogP contribution in [-0.2, 0) is 9.53 Å². The Morgan fingerprint density at radius 3 is 2.80 bits per heavy atom. The summed E-state index contributed by atoms with van der Waals surface area (Å²) in [5.74, 6) is -0.208. The van der Waals surface area contributed by atoms with E-state index >= 15 is 0 Å². The van der Waals surface area contributed by atoms with Crippen LogP contribution < -0.4 is 5.32 Å². The molecular formula is C18H23N3O3S. The number of anilines is 1. The van der Waals surface area contributed by atoms with Crippen molar-refractivity contribution < 1.29 is 14.3 Å². The molecule has 1 N–H and O–H groups in total. The van der Waals surface area contributed by atoms with E-state index in [0.717, 1.165) is 22.2 Å². The van der Waals surface area contributed by atoms with Crippen LogP contribution in [-0.4, -0.2) is 40.1 Å². The van der Waals surface area contributed by atoms with Gasteiger partial charge in [-0.15, -0.1) is 0 Å². The standard InChI is InChI=1S/C18H23N3O3S/c1-11-7-5-9-13-14(11)19-16(25-13)20-15(22)12-8-6-10-21(12)17(23)24-18(2,3)4/h5,7,9,12H,6,8,10H2,1-4H3,(H,19,20,22)/t12-/m0/s1. The Bertz CT molecular complexity index is 809. The highest BCUT2D eigenvalue weighted by Crippen LogP contribution is 2.29. The molecule has 0 bridgehead atoms. The number of carbonyl (C=O) groups is 2. The van der Waals surface area contributed by atoms with Crippen molar-refractivity contribution in [2.75, 3.05) is 11.9 Å². The summed E-state index contributed by atoms with van der Waals surface area (Å²) in [5.41, 5.74) is 1.40. The third-order valence-corrected chi connectivity index (χ3v) is 4.97. The number of thiazole rings is 1. The van der Waals surface area contributed by atoms with Crippen molar-refractivity contribution in [2.45, 2.75) is 52.2 Å². The maximum atomic E-state index is 12.7. The monoisotopic (exact) mass is 361 g/mol. The summed E-state index contributed by atoms with van der Waals surface area (Å²) in [5, 5.41) is 3.43. The summed E-state index contributed by atoms with van der Waals surface area (Å²) in [6.07, 6.45) is 0.982. The Morgan fingerprint density at radius 1 is 1.36 bits per heavy atom. The molecule has 2 heterocycles. The first kappa shape index (κ1) is 17.7. The molecule has 7 heteroatoms. The van der Waals surface area contributed by atoms with Gasteiger partial charge in [0.25, 0.3) is 0 Å². The quantitative estimate of drug-likeness (QED) is 0.879. The van der Waals surface area contributed by atoms with E-state index in [2.05, 4.69) is 10.3 Å². The minimum Gasteiger partial charge on any atom is -0.444 e. The number of nitrogens with zero attached hydrogens (tertiary/aromatic N) is 2. The third kappa shape index (κ3) is 3.92. The number of rotatable bonds is 2. The van der Waals surface area contributed by atoms with Gasteiger partial charge in [-0.1, -0.05) is 23.5 Å². The lowest BCUT2D eigenvalue weighted by atomic mass is 10.2. The van der Waals surface area contributed by atoms with Crippen molar-refractivity contribution in [1.29, 1.82) is 0 Å². The number of likely N-dealkylation sites (tertiary alicyclic amines) is 1. The minimum atomic E-state index is -0.578. The van der Waals surface area contributed by atoms with Crippen LogP contribution in [0.2, 0.25) is 0 Å². The van der Waals surface area contributed by atoms with Crippen molar-refractivity contribution in [2.24, 2.45) is 0 Å². The fourth-order valence-electron chi connectivity index (χ4n) is 2.91. The van der Waals surface area contributed by atoms with Gasteiger partial charge in [0.2, 0.25) is 5.91 Å². The summed E-state index contributed by atoms with van der Waals surface area (Å²) in [6, 6.07) is 5.44. The Labute approximate surface area is 151 Å². The highest BCUT2D eigenvalue weighted by Gasteiger charge is 2.36. The number of aryl methyl sites for hydroxylation is 1. The van der Waals surface area contributed by atoms with E-state index in [9.17, 15) is 9.59 Å². The molecule has 0 aliphatic carbocycles. The predicted molar refractivity (Wildman–Crippen MR) is 98.9 cm³/mol. The van der Waals surface area contributed by atoms with Crippen LogP contribution in [0.15, 0.2) is 18.2 Å². The van der Waals surface area contributed by atoms with Gasteiger partial charge in [-0.2, -0.15) is 0 Å². The molecule has 134 valence electrons. The zero-order valence-corrected chi connectivity index (χ0v) is 15.8. The zero-order chi connectivity index (χ0) is 18.2. The first-order valence-electron chi connectivity index (χ1n) is 8.41. The molecule has 1 aliphatic heterocycles. The molecule has 1 aliphatic rings. The second-order valence-electron chi connectivity index (χ2n) is 7.26. The lowest BCUT2D eigenvalue weighted by Gasteiger charge is -2.27. The van der Waals surface area contributed by atoms with Crippen LogP contribution in [0.25, 0.3) is 10.2 Å². The van der Waals surface area contributed by atoms with Gasteiger partial charge in [-0.25, -0.2) is 9.78 Å². The summed E-state index contributed by atoms with van der Waals surface area (Å²) in [6.45, 7) is 7.99. The van der Waals surface area contributed by atoms with Gasteiger partial charge in [-0.3, -0.25) is 9.69 Å². The van der Waals surface area contributed by atoms with Gasteiger partial charge in [0, 0.05) is 6.54 Å². The van der Waals surface area contributed by atoms with Gasteiger partial charge < -0.3 is 10.1 Å². The molecule has 25 heavy (non-hydrogen) atoms. The highest BCUT2D eigenvalue weighted by atomic mass is 32.1. The number of hydrogen-bond acceptors (Lipinski definition) is 5. The Kier molecular flexibility index (Phi) is 4.69. The van der Waals surface area contributed by atoms with Crippen LogP contribution in [0.3, 0.4) is 0 Å². The largest absolute Gasteiger partial charge is 0.444 e. The maximum absolute atomic E-state index is 12.7. The van der Waals surface area contributed by atoms with Crippen LogP contribution in [0.1, 0.15) is 39.2 Å². The number of ether oxygens (including phenoxy) is 1. The topological polar surface area (TPSA) is 71.5 Å². The molecule has 1 aromatic heterocycles. The average Bonchev–Trinajstić information content (AvgIpc) is 3.12. The summed E-state index contributed by atoms with van der Waals surface area (Å²) < 4.78 is 6.44. The summed E-state index contributed by atoms with van der Waals surface area (Å²) in [7, 11) is 0. The molecule has 1 fully saturated rings. The lowest BCUT2D eigenvalue weighted by Crippen LogP contribution is -2.45. The van der Waals surface area contributed by atoms with E-state index in [1.54, 1.807) is 0 Å². The average molecular weight is 361 g/mol. The van der Waals surface area contributed by atoms with E-state index in [1.807, 2.05) is 45.9 Å². The molecule has 6 nitrogen and oxygen atoms in total. The fraction of sp³-hybridized carbons (Fsp3) is 0.500. The molecule has 0 radical (unpaired) electrons. The van der Waals surface area contributed by atoms with Crippen molar-refractivity contribution in [3.63, 3.8) is 0 Å². The highest BCUT2D eigenvalue weighted by molar-refractivity contribution is 7.22. The number of amides is 2. The Balaban J connectivity index is 1.73. The molecule has 3 rings (SSSR count). The smallest absolute Gasteiger partial charge is 0.410 e. The van der Waals surface area contributed by atoms with E-state index in [1.165, 1.54) is 16.2 Å². The summed E-state index contributed by atoms with van der Waals surface area (Å²) >= 11 is 1.44. The minimum absolute atomic E-state index is 0.208. The second-order valence-corrected chi connectivity index (χ2v) is 8.29. The van der Waals surface area contributed by atoms with E-state index in [4.69, 9.17) is 4.74 Å². The number of hydrogen-bond donors (Lipinski definition) is 1. The number of para-hydroxylation sites is 1. The first-order chi connectivity index (χ1) is 11.7. The number of carbonyl (C=O) groups excluding carboxylic acids is 2. The van der Waals surface area contributed by atoms with Gasteiger partial charge in [0.15, 0.2) is 5.13 Å². The predicted octanol–water partition coefficient (Wildman–Crippen LogP) is 3.94. The molecular weight excluding hydrogens is 338 g/mol. The van der Waals surface area contributed by atoms with Crippen LogP contribution in [0, 0.1) is 6.92 Å². The van der Waals surface area contributed by atoms with Crippen molar-refractivity contribution in [3.05, 3.63) is 23.8 Å². The molecule has 1 saturated heterocycles. The first-order valence-corrected chi connectivity index (χ1v) is 9.23. The Hall–Kier alpha value is -2.15. The van der Waals surface area contributed by atoms with E-state index in [0.29, 0.717) is 18.1 Å². The second kappa shape index (κ2) is 6.63. The van der Waals surface area contributed by atoms with Gasteiger partial charge in [-0.05, 0) is 52.2 Å². The van der Waals surface area contributed by atoms with Crippen molar-refractivity contribution in [3.8, 4) is 0 Å². The number of nitrogens with one attached hydrogen (secondary N) is 1. The summed E-state index contributed by atoms with van der Waals surface area (Å²) in [4.78, 5) is 31.0. The lowest BCUT2D eigenvalue weighted by molar-refractivity contribution is -0.120. The van der Waals surface area contributed by atoms with E-state index in [-0.39, 0.29) is 5.91 Å². The Morgan fingerprint density at radius 2 is 2.12 bits per heavy atom. The number of benzene rings is 1. The van der Waals surface area contributed by atoms with Crippen LogP contribution in [0.4, 0.5) is 9.93 Å². The zero-order valence-electron chi connectivity index (χ0n) is 15.0. The SMILES string of the molecule is Cc1cccc2sc(NC(=O)[C@@H]3CCCN3C(=O)OC(C)(C)C)nc12. The van der Waals surface area contributed by atoms with Gasteiger partial charge in [0.1, 0.15) is 11.6 Å². The van der Waals surface area contributed by atoms with E-state index < -0.39 is 17.7 Å². The normalized spacial score (nSPS) is 17.8. The number of fused-ring (bicyclic) bond motifs is 1. The third-order valence-electron chi connectivity index (χ3n) is 4.03. The molecule has 0 unspecified atom stereocenters. The molecule has 1 aromatic carbocycles. The van der Waals surface area contributed by atoms with Crippen LogP contribution >= 0.6 is 11.3 Å². The molecule has 0 saturated carbocycles. The van der Waals surface area contributed by atoms with Crippen molar-refractivity contribution >= 4 is 38.7 Å². The number of aromatic nitrogens is 1. The van der Waals surface area contributed by atoms with Gasteiger partial charge in [0.05, 0.1) is 10.2 Å². The maximum Gasteiger partial charge on any atom is 0.410 e. The molecule has 1 atom stereocenters. The van der Waals surface area contributed by atoms with Crippen molar-refractivity contribution in [1.82, 2.24) is 9.88 Å². The van der Waals surface area contributed by atoms with Crippen LogP contribution in [0.5, 0.6) is 0 Å². The fourth-order valence-corrected chi connectivity index (χ4v) is 3.85. The molecule has 0 spiro atoms. The van der Waals surface area contributed by atoms with Gasteiger partial charge >= 0.3 is 6.09 Å². The molecule has 2 amide bonds. The molecule has 2 aromatic rings.